The molecular formula is C19H17FN2O5. The molecule has 1 aromatic heterocycles. The lowest BCUT2D eigenvalue weighted by molar-refractivity contribution is -0.148. The van der Waals surface area contributed by atoms with E-state index in [-0.39, 0.29) is 30.7 Å². The van der Waals surface area contributed by atoms with Crippen molar-refractivity contribution in [2.45, 2.75) is 13.5 Å². The summed E-state index contributed by atoms with van der Waals surface area (Å²) in [6.07, 6.45) is 0. The normalized spacial score (nSPS) is 10.5. The molecule has 0 saturated carbocycles. The Kier molecular flexibility index (Phi) is 5.65. The summed E-state index contributed by atoms with van der Waals surface area (Å²) in [5, 5.41) is 3.76. The van der Waals surface area contributed by atoms with Crippen LogP contribution in [0.2, 0.25) is 0 Å². The van der Waals surface area contributed by atoms with E-state index < -0.39 is 5.97 Å². The Balaban J connectivity index is 1.50. The number of carbonyl (C=O) groups excluding carboxylic acids is 1. The van der Waals surface area contributed by atoms with Crippen molar-refractivity contribution in [2.75, 3.05) is 13.7 Å². The van der Waals surface area contributed by atoms with Gasteiger partial charge in [-0.3, -0.25) is 0 Å². The monoisotopic (exact) mass is 372 g/mol. The number of hydrogen-bond donors (Lipinski definition) is 0. The molecule has 27 heavy (non-hydrogen) atoms. The average Bonchev–Trinajstić information content (AvgIpc) is 3.16. The van der Waals surface area contributed by atoms with E-state index in [1.165, 1.54) is 6.07 Å². The van der Waals surface area contributed by atoms with Gasteiger partial charge in [0.05, 0.1) is 7.11 Å². The molecule has 0 atom stereocenters. The molecular weight excluding hydrogens is 355 g/mol. The van der Waals surface area contributed by atoms with Gasteiger partial charge < -0.3 is 18.7 Å². The number of rotatable bonds is 7. The van der Waals surface area contributed by atoms with Crippen LogP contribution in [0, 0.1) is 12.7 Å². The zero-order valence-corrected chi connectivity index (χ0v) is 14.8. The summed E-state index contributed by atoms with van der Waals surface area (Å²) in [6, 6.07) is 11.4. The van der Waals surface area contributed by atoms with E-state index in [2.05, 4.69) is 10.1 Å². The minimum atomic E-state index is -0.591. The van der Waals surface area contributed by atoms with Gasteiger partial charge in [-0.05, 0) is 42.8 Å². The zero-order valence-electron chi connectivity index (χ0n) is 14.8. The summed E-state index contributed by atoms with van der Waals surface area (Å²) < 4.78 is 34.0. The SMILES string of the molecule is COc1ccc(OCC(=O)OCc2nc(-c3ccc(C)c(F)c3)no2)cc1. The molecule has 0 aliphatic rings. The maximum atomic E-state index is 13.6. The van der Waals surface area contributed by atoms with Crippen LogP contribution < -0.4 is 9.47 Å². The summed E-state index contributed by atoms with van der Waals surface area (Å²) in [5.74, 6) is 0.561. The molecule has 0 radical (unpaired) electrons. The van der Waals surface area contributed by atoms with Gasteiger partial charge in [0.1, 0.15) is 17.3 Å². The van der Waals surface area contributed by atoms with Crippen LogP contribution in [-0.4, -0.2) is 29.8 Å². The van der Waals surface area contributed by atoms with Gasteiger partial charge in [-0.2, -0.15) is 4.98 Å². The number of aromatic nitrogens is 2. The smallest absolute Gasteiger partial charge is 0.344 e. The third kappa shape index (κ3) is 4.81. The van der Waals surface area contributed by atoms with Crippen molar-refractivity contribution in [3.63, 3.8) is 0 Å². The Morgan fingerprint density at radius 2 is 1.89 bits per heavy atom. The highest BCUT2D eigenvalue weighted by molar-refractivity contribution is 5.71. The molecule has 3 rings (SSSR count). The molecule has 140 valence electrons. The van der Waals surface area contributed by atoms with Gasteiger partial charge in [0, 0.05) is 5.56 Å². The van der Waals surface area contributed by atoms with Gasteiger partial charge >= 0.3 is 5.97 Å². The minimum Gasteiger partial charge on any atom is -0.497 e. The van der Waals surface area contributed by atoms with Crippen LogP contribution in [0.15, 0.2) is 47.0 Å². The molecule has 8 heteroatoms. The van der Waals surface area contributed by atoms with Crippen molar-refractivity contribution in [3.05, 3.63) is 59.7 Å². The molecule has 1 heterocycles. The molecule has 0 N–H and O–H groups in total. The third-order valence-electron chi connectivity index (χ3n) is 3.67. The highest BCUT2D eigenvalue weighted by atomic mass is 19.1. The quantitative estimate of drug-likeness (QED) is 0.588. The fourth-order valence-electron chi connectivity index (χ4n) is 2.16. The van der Waals surface area contributed by atoms with Crippen LogP contribution in [0.5, 0.6) is 11.5 Å². The number of nitrogens with zero attached hydrogens (tertiary/aromatic N) is 2. The number of aryl methyl sites for hydroxylation is 1. The van der Waals surface area contributed by atoms with Gasteiger partial charge in [-0.15, -0.1) is 0 Å². The first-order valence-electron chi connectivity index (χ1n) is 8.07. The number of methoxy groups -OCH3 is 1. The van der Waals surface area contributed by atoms with Gasteiger partial charge in [0.2, 0.25) is 5.82 Å². The predicted octanol–water partition coefficient (Wildman–Crippen LogP) is 3.31. The molecule has 0 amide bonds. The molecule has 0 aliphatic carbocycles. The van der Waals surface area contributed by atoms with Crippen molar-refractivity contribution in [1.29, 1.82) is 0 Å². The van der Waals surface area contributed by atoms with Crippen molar-refractivity contribution < 1.29 is 27.9 Å². The minimum absolute atomic E-state index is 0.101. The largest absolute Gasteiger partial charge is 0.497 e. The van der Waals surface area contributed by atoms with Crippen LogP contribution in [0.25, 0.3) is 11.4 Å². The Morgan fingerprint density at radius 3 is 2.59 bits per heavy atom. The summed E-state index contributed by atoms with van der Waals surface area (Å²) in [5.41, 5.74) is 0.996. The van der Waals surface area contributed by atoms with E-state index in [1.54, 1.807) is 50.4 Å². The molecule has 0 unspecified atom stereocenters. The molecule has 3 aromatic rings. The van der Waals surface area contributed by atoms with E-state index in [0.717, 1.165) is 0 Å². The highest BCUT2D eigenvalue weighted by Gasteiger charge is 2.13. The van der Waals surface area contributed by atoms with Crippen LogP contribution >= 0.6 is 0 Å². The Morgan fingerprint density at radius 1 is 1.15 bits per heavy atom. The lowest BCUT2D eigenvalue weighted by Crippen LogP contribution is -2.14. The Hall–Kier alpha value is -3.42. The zero-order chi connectivity index (χ0) is 19.2. The molecule has 0 bridgehead atoms. The fraction of sp³-hybridized carbons (Fsp3) is 0.211. The predicted molar refractivity (Wildman–Crippen MR) is 92.7 cm³/mol. The maximum Gasteiger partial charge on any atom is 0.344 e. The molecule has 0 fully saturated rings. The van der Waals surface area contributed by atoms with Crippen molar-refractivity contribution in [2.24, 2.45) is 0 Å². The summed E-state index contributed by atoms with van der Waals surface area (Å²) in [6.45, 7) is 1.19. The average molecular weight is 372 g/mol. The lowest BCUT2D eigenvalue weighted by Gasteiger charge is -2.06. The number of benzene rings is 2. The van der Waals surface area contributed by atoms with Crippen LogP contribution in [0.1, 0.15) is 11.5 Å². The van der Waals surface area contributed by atoms with Crippen LogP contribution in [-0.2, 0) is 16.1 Å². The van der Waals surface area contributed by atoms with Gasteiger partial charge in [-0.1, -0.05) is 17.3 Å². The second-order valence-electron chi connectivity index (χ2n) is 5.60. The number of halogens is 1. The summed E-state index contributed by atoms with van der Waals surface area (Å²) in [7, 11) is 1.56. The first-order valence-corrected chi connectivity index (χ1v) is 8.07. The number of esters is 1. The van der Waals surface area contributed by atoms with Crippen LogP contribution in [0.3, 0.4) is 0 Å². The summed E-state index contributed by atoms with van der Waals surface area (Å²) in [4.78, 5) is 15.8. The van der Waals surface area contributed by atoms with E-state index >= 15 is 0 Å². The molecule has 0 saturated heterocycles. The fourth-order valence-corrected chi connectivity index (χ4v) is 2.16. The van der Waals surface area contributed by atoms with E-state index in [9.17, 15) is 9.18 Å². The molecule has 2 aromatic carbocycles. The van der Waals surface area contributed by atoms with E-state index in [0.29, 0.717) is 22.6 Å². The van der Waals surface area contributed by atoms with E-state index in [1.807, 2.05) is 0 Å². The maximum absolute atomic E-state index is 13.6. The standard InChI is InChI=1S/C19H17FN2O5/c1-12-3-4-13(9-16(12)20)19-21-17(27-22-19)10-26-18(23)11-25-15-7-5-14(24-2)6-8-15/h3-9H,10-11H2,1-2H3. The Labute approximate surface area is 154 Å². The number of hydrogen-bond acceptors (Lipinski definition) is 7. The topological polar surface area (TPSA) is 83.7 Å². The first-order chi connectivity index (χ1) is 13.0. The lowest BCUT2D eigenvalue weighted by atomic mass is 10.1. The first kappa shape index (κ1) is 18.4. The number of carbonyl (C=O) groups is 1. The highest BCUT2D eigenvalue weighted by Crippen LogP contribution is 2.19. The second kappa shape index (κ2) is 8.31. The Bertz CT molecular complexity index is 924. The number of ether oxygens (including phenoxy) is 3. The third-order valence-corrected chi connectivity index (χ3v) is 3.67. The molecule has 0 aliphatic heterocycles. The van der Waals surface area contributed by atoms with Crippen molar-refractivity contribution in [3.8, 4) is 22.9 Å². The van der Waals surface area contributed by atoms with E-state index in [4.69, 9.17) is 18.7 Å². The molecule has 0 spiro atoms. The second-order valence-corrected chi connectivity index (χ2v) is 5.60. The van der Waals surface area contributed by atoms with Gasteiger partial charge in [-0.25, -0.2) is 9.18 Å². The van der Waals surface area contributed by atoms with Crippen molar-refractivity contribution >= 4 is 5.97 Å². The van der Waals surface area contributed by atoms with Gasteiger partial charge in [0.25, 0.3) is 5.89 Å². The van der Waals surface area contributed by atoms with Crippen LogP contribution in [0.4, 0.5) is 4.39 Å². The van der Waals surface area contributed by atoms with Gasteiger partial charge in [0.15, 0.2) is 13.2 Å². The molecule has 7 nitrogen and oxygen atoms in total. The summed E-state index contributed by atoms with van der Waals surface area (Å²) >= 11 is 0. The van der Waals surface area contributed by atoms with Crippen molar-refractivity contribution in [1.82, 2.24) is 10.1 Å².